The first kappa shape index (κ1) is 14.6. The van der Waals surface area contributed by atoms with Crippen LogP contribution in [0.3, 0.4) is 0 Å². The number of likely N-dealkylation sites (tertiary alicyclic amines) is 1. The van der Waals surface area contributed by atoms with Crippen molar-refractivity contribution in [1.29, 1.82) is 0 Å². The highest BCUT2D eigenvalue weighted by Gasteiger charge is 2.41. The predicted molar refractivity (Wildman–Crippen MR) is 76.0 cm³/mol. The smallest absolute Gasteiger partial charge is 0.260 e. The Morgan fingerprint density at radius 2 is 2.10 bits per heavy atom. The van der Waals surface area contributed by atoms with Crippen molar-refractivity contribution < 1.29 is 18.7 Å². The first-order chi connectivity index (χ1) is 10.1. The summed E-state index contributed by atoms with van der Waals surface area (Å²) in [5.74, 6) is -0.174. The van der Waals surface area contributed by atoms with Gasteiger partial charge in [-0.15, -0.1) is 0 Å². The third-order valence-corrected chi connectivity index (χ3v) is 4.54. The maximum absolute atomic E-state index is 13.0. The number of amides is 1. The Balaban J connectivity index is 1.49. The van der Waals surface area contributed by atoms with Gasteiger partial charge in [0.05, 0.1) is 17.2 Å². The van der Waals surface area contributed by atoms with Gasteiger partial charge >= 0.3 is 0 Å². The maximum atomic E-state index is 13.0. The number of ether oxygens (including phenoxy) is 2. The van der Waals surface area contributed by atoms with Gasteiger partial charge in [-0.2, -0.15) is 0 Å². The molecule has 2 aliphatic heterocycles. The second-order valence-electron chi connectivity index (χ2n) is 5.53. The van der Waals surface area contributed by atoms with Crippen LogP contribution >= 0.6 is 11.6 Å². The molecule has 2 fully saturated rings. The summed E-state index contributed by atoms with van der Waals surface area (Å²) in [5, 5.41) is -0.0120. The van der Waals surface area contributed by atoms with E-state index in [1.165, 1.54) is 18.2 Å². The minimum atomic E-state index is -0.503. The Morgan fingerprint density at radius 1 is 1.38 bits per heavy atom. The van der Waals surface area contributed by atoms with Gasteiger partial charge in [0.15, 0.2) is 6.61 Å². The summed E-state index contributed by atoms with van der Waals surface area (Å²) in [7, 11) is 0. The van der Waals surface area contributed by atoms with Crippen LogP contribution in [0.1, 0.15) is 19.3 Å². The van der Waals surface area contributed by atoms with Crippen molar-refractivity contribution in [1.82, 2.24) is 4.90 Å². The molecule has 1 aromatic rings. The van der Waals surface area contributed by atoms with E-state index in [0.29, 0.717) is 18.8 Å². The van der Waals surface area contributed by atoms with Gasteiger partial charge in [0.25, 0.3) is 5.91 Å². The number of carbonyl (C=O) groups excluding carboxylic acids is 1. The number of rotatable bonds is 3. The fourth-order valence-electron chi connectivity index (χ4n) is 2.75. The molecule has 0 N–H and O–H groups in total. The molecular weight excluding hydrogens is 297 g/mol. The van der Waals surface area contributed by atoms with Gasteiger partial charge in [0.2, 0.25) is 0 Å². The molecule has 0 radical (unpaired) electrons. The molecule has 6 heteroatoms. The number of carbonyl (C=O) groups is 1. The Hall–Kier alpha value is -1.33. The van der Waals surface area contributed by atoms with Gasteiger partial charge in [-0.3, -0.25) is 4.79 Å². The summed E-state index contributed by atoms with van der Waals surface area (Å²) < 4.78 is 24.0. The summed E-state index contributed by atoms with van der Waals surface area (Å²) in [6.07, 6.45) is 2.88. The first-order valence-electron chi connectivity index (χ1n) is 7.08. The molecule has 2 saturated heterocycles. The van der Waals surface area contributed by atoms with E-state index in [4.69, 9.17) is 21.1 Å². The van der Waals surface area contributed by atoms with Crippen LogP contribution in [-0.2, 0) is 9.53 Å². The average molecular weight is 314 g/mol. The lowest BCUT2D eigenvalue weighted by Crippen LogP contribution is -2.54. The molecule has 114 valence electrons. The fraction of sp³-hybridized carbons (Fsp3) is 0.533. The van der Waals surface area contributed by atoms with Gasteiger partial charge in [-0.05, 0) is 31.4 Å². The second kappa shape index (κ2) is 5.81. The fourth-order valence-corrected chi connectivity index (χ4v) is 2.92. The molecule has 2 heterocycles. The van der Waals surface area contributed by atoms with Crippen molar-refractivity contribution in [3.63, 3.8) is 0 Å². The van der Waals surface area contributed by atoms with E-state index in [0.717, 1.165) is 25.9 Å². The molecule has 0 bridgehead atoms. The van der Waals surface area contributed by atoms with Gasteiger partial charge in [-0.25, -0.2) is 4.39 Å². The highest BCUT2D eigenvalue weighted by atomic mass is 35.5. The SMILES string of the molecule is O=C(COc1ccc(F)c(Cl)c1)N1CCC2(CCO2)CC1. The molecule has 4 nitrogen and oxygen atoms in total. The van der Waals surface area contributed by atoms with Crippen molar-refractivity contribution >= 4 is 17.5 Å². The highest BCUT2D eigenvalue weighted by Crippen LogP contribution is 2.36. The Labute approximate surface area is 127 Å². The zero-order valence-corrected chi connectivity index (χ0v) is 12.4. The van der Waals surface area contributed by atoms with Crippen LogP contribution in [0.25, 0.3) is 0 Å². The van der Waals surface area contributed by atoms with Crippen LogP contribution < -0.4 is 4.74 Å². The molecule has 2 aliphatic rings. The number of hydrogen-bond acceptors (Lipinski definition) is 3. The molecule has 0 unspecified atom stereocenters. The summed E-state index contributed by atoms with van der Waals surface area (Å²) in [5.41, 5.74) is 0.0299. The van der Waals surface area contributed by atoms with Crippen LogP contribution in [0.15, 0.2) is 18.2 Å². The monoisotopic (exact) mass is 313 g/mol. The largest absolute Gasteiger partial charge is 0.484 e. The van der Waals surface area contributed by atoms with E-state index in [-0.39, 0.29) is 23.1 Å². The van der Waals surface area contributed by atoms with E-state index in [2.05, 4.69) is 0 Å². The van der Waals surface area contributed by atoms with Crippen molar-refractivity contribution in [2.24, 2.45) is 0 Å². The molecule has 1 amide bonds. The summed E-state index contributed by atoms with van der Waals surface area (Å²) in [4.78, 5) is 13.9. The number of hydrogen-bond donors (Lipinski definition) is 0. The number of nitrogens with zero attached hydrogens (tertiary/aromatic N) is 1. The molecule has 0 aliphatic carbocycles. The first-order valence-corrected chi connectivity index (χ1v) is 7.45. The number of halogens is 2. The Bertz CT molecular complexity index is 538. The van der Waals surface area contributed by atoms with Crippen LogP contribution in [0, 0.1) is 5.82 Å². The lowest BCUT2D eigenvalue weighted by Gasteiger charge is -2.47. The highest BCUT2D eigenvalue weighted by molar-refractivity contribution is 6.30. The summed E-state index contributed by atoms with van der Waals surface area (Å²) in [6, 6.07) is 4.06. The Kier molecular flexibility index (Phi) is 4.04. The minimum absolute atomic E-state index is 0.0120. The van der Waals surface area contributed by atoms with Crippen LogP contribution in [0.5, 0.6) is 5.75 Å². The van der Waals surface area contributed by atoms with E-state index in [1.807, 2.05) is 0 Å². The number of benzene rings is 1. The quantitative estimate of drug-likeness (QED) is 0.861. The molecule has 3 rings (SSSR count). The van der Waals surface area contributed by atoms with Crippen LogP contribution in [0.4, 0.5) is 4.39 Å². The summed E-state index contributed by atoms with van der Waals surface area (Å²) >= 11 is 5.67. The molecule has 21 heavy (non-hydrogen) atoms. The van der Waals surface area contributed by atoms with E-state index in [9.17, 15) is 9.18 Å². The average Bonchev–Trinajstić information content (AvgIpc) is 2.47. The molecule has 0 aromatic heterocycles. The van der Waals surface area contributed by atoms with Crippen molar-refractivity contribution in [2.75, 3.05) is 26.3 Å². The lowest BCUT2D eigenvalue weighted by atomic mass is 9.84. The van der Waals surface area contributed by atoms with Gasteiger partial charge in [-0.1, -0.05) is 11.6 Å². The minimum Gasteiger partial charge on any atom is -0.484 e. The zero-order valence-electron chi connectivity index (χ0n) is 11.6. The topological polar surface area (TPSA) is 38.8 Å². The van der Waals surface area contributed by atoms with Crippen molar-refractivity contribution in [2.45, 2.75) is 24.9 Å². The van der Waals surface area contributed by atoms with Gasteiger partial charge in [0, 0.05) is 19.2 Å². The molecule has 1 aromatic carbocycles. The lowest BCUT2D eigenvalue weighted by molar-refractivity contribution is -0.176. The van der Waals surface area contributed by atoms with E-state index >= 15 is 0 Å². The normalized spacial score (nSPS) is 20.2. The Morgan fingerprint density at radius 3 is 2.67 bits per heavy atom. The maximum Gasteiger partial charge on any atom is 0.260 e. The van der Waals surface area contributed by atoms with Gasteiger partial charge in [0.1, 0.15) is 11.6 Å². The van der Waals surface area contributed by atoms with Gasteiger partial charge < -0.3 is 14.4 Å². The van der Waals surface area contributed by atoms with E-state index < -0.39 is 5.82 Å². The molecular formula is C15H17ClFNO3. The molecule has 1 spiro atoms. The standard InChI is InChI=1S/C15H17ClFNO3/c16-12-9-11(1-2-13(12)17)20-10-14(19)18-6-3-15(4-7-18)5-8-21-15/h1-2,9H,3-8,10H2. The van der Waals surface area contributed by atoms with Crippen LogP contribution in [0.2, 0.25) is 5.02 Å². The van der Waals surface area contributed by atoms with Crippen LogP contribution in [-0.4, -0.2) is 42.7 Å². The molecule has 0 saturated carbocycles. The third-order valence-electron chi connectivity index (χ3n) is 4.25. The zero-order chi connectivity index (χ0) is 14.9. The van der Waals surface area contributed by atoms with Crippen molar-refractivity contribution in [3.05, 3.63) is 29.0 Å². The second-order valence-corrected chi connectivity index (χ2v) is 5.93. The molecule has 0 atom stereocenters. The summed E-state index contributed by atoms with van der Waals surface area (Å²) in [6.45, 7) is 2.18. The van der Waals surface area contributed by atoms with E-state index in [1.54, 1.807) is 4.90 Å². The predicted octanol–water partition coefficient (Wildman–Crippen LogP) is 2.64. The third kappa shape index (κ3) is 3.14. The number of piperidine rings is 1. The van der Waals surface area contributed by atoms with Crippen molar-refractivity contribution in [3.8, 4) is 5.75 Å².